The standard InChI is InChI=1S/C17H20ClN3O3S/c1-24-13-6-5-11(9-12(13)18)19-15(22)10-14-16(23)20-17(25-14)21-7-3-2-4-8-21/h5-6,9,14H,2-4,7-8,10H2,1H3,(H,19,22). The first-order chi connectivity index (χ1) is 12.1. The Morgan fingerprint density at radius 2 is 2.16 bits per heavy atom. The van der Waals surface area contributed by atoms with Crippen molar-refractivity contribution in [2.75, 3.05) is 25.5 Å². The second-order valence-corrected chi connectivity index (χ2v) is 7.57. The molecule has 6 nitrogen and oxygen atoms in total. The summed E-state index contributed by atoms with van der Waals surface area (Å²) in [6.45, 7) is 1.87. The maximum absolute atomic E-state index is 12.2. The minimum Gasteiger partial charge on any atom is -0.495 e. The molecule has 1 aromatic rings. The van der Waals surface area contributed by atoms with Crippen LogP contribution in [0.15, 0.2) is 23.2 Å². The number of nitrogens with one attached hydrogen (secondary N) is 1. The second kappa shape index (κ2) is 8.10. The molecular weight excluding hydrogens is 362 g/mol. The van der Waals surface area contributed by atoms with Crippen molar-refractivity contribution in [1.82, 2.24) is 4.90 Å². The molecule has 25 heavy (non-hydrogen) atoms. The number of amidine groups is 1. The Morgan fingerprint density at radius 1 is 1.40 bits per heavy atom. The van der Waals surface area contributed by atoms with Crippen LogP contribution in [0.5, 0.6) is 5.75 Å². The van der Waals surface area contributed by atoms with Crippen LogP contribution < -0.4 is 10.1 Å². The van der Waals surface area contributed by atoms with Gasteiger partial charge in [0.2, 0.25) is 5.91 Å². The smallest absolute Gasteiger partial charge is 0.262 e. The maximum Gasteiger partial charge on any atom is 0.262 e. The Kier molecular flexibility index (Phi) is 5.86. The van der Waals surface area contributed by atoms with Crippen LogP contribution in [0.4, 0.5) is 5.69 Å². The zero-order valence-electron chi connectivity index (χ0n) is 14.0. The van der Waals surface area contributed by atoms with Crippen molar-refractivity contribution in [3.63, 3.8) is 0 Å². The Morgan fingerprint density at radius 3 is 2.84 bits per heavy atom. The molecule has 8 heteroatoms. The SMILES string of the molecule is COc1ccc(NC(=O)CC2SC(N3CCCCC3)=NC2=O)cc1Cl. The minimum atomic E-state index is -0.453. The fourth-order valence-corrected chi connectivity index (χ4v) is 4.23. The van der Waals surface area contributed by atoms with Crippen LogP contribution in [0.3, 0.4) is 0 Å². The van der Waals surface area contributed by atoms with Crippen molar-refractivity contribution in [2.24, 2.45) is 4.99 Å². The van der Waals surface area contributed by atoms with Crippen molar-refractivity contribution < 1.29 is 14.3 Å². The summed E-state index contributed by atoms with van der Waals surface area (Å²) in [5, 5.41) is 3.49. The molecule has 1 saturated heterocycles. The molecule has 0 aliphatic carbocycles. The zero-order valence-corrected chi connectivity index (χ0v) is 15.5. The van der Waals surface area contributed by atoms with Crippen LogP contribution in [-0.2, 0) is 9.59 Å². The third-order valence-corrected chi connectivity index (χ3v) is 5.67. The van der Waals surface area contributed by atoms with Gasteiger partial charge in [-0.15, -0.1) is 0 Å². The number of ether oxygens (including phenoxy) is 1. The Balaban J connectivity index is 1.55. The summed E-state index contributed by atoms with van der Waals surface area (Å²) in [5.74, 6) is 0.0800. The molecule has 1 N–H and O–H groups in total. The first-order valence-electron chi connectivity index (χ1n) is 8.24. The Labute approximate surface area is 156 Å². The molecule has 1 atom stereocenters. The van der Waals surface area contributed by atoms with Crippen LogP contribution in [0.25, 0.3) is 0 Å². The fraction of sp³-hybridized carbons (Fsp3) is 0.471. The van der Waals surface area contributed by atoms with Gasteiger partial charge in [0, 0.05) is 25.2 Å². The fourth-order valence-electron chi connectivity index (χ4n) is 2.85. The van der Waals surface area contributed by atoms with E-state index in [9.17, 15) is 9.59 Å². The molecule has 2 heterocycles. The molecular formula is C17H20ClN3O3S. The third kappa shape index (κ3) is 4.46. The molecule has 0 saturated carbocycles. The summed E-state index contributed by atoms with van der Waals surface area (Å²) < 4.78 is 5.08. The molecule has 1 aromatic carbocycles. The highest BCUT2D eigenvalue weighted by Crippen LogP contribution is 2.30. The number of anilines is 1. The molecule has 0 aromatic heterocycles. The van der Waals surface area contributed by atoms with E-state index in [0.29, 0.717) is 16.5 Å². The van der Waals surface area contributed by atoms with Crippen molar-refractivity contribution in [3.05, 3.63) is 23.2 Å². The van der Waals surface area contributed by atoms with Crippen LogP contribution in [-0.4, -0.2) is 47.3 Å². The highest BCUT2D eigenvalue weighted by Gasteiger charge is 2.33. The summed E-state index contributed by atoms with van der Waals surface area (Å²) in [6.07, 6.45) is 3.56. The number of likely N-dealkylation sites (tertiary alicyclic amines) is 1. The van der Waals surface area contributed by atoms with Crippen molar-refractivity contribution >= 4 is 46.0 Å². The van der Waals surface area contributed by atoms with E-state index in [1.165, 1.54) is 25.3 Å². The van der Waals surface area contributed by atoms with Crippen molar-refractivity contribution in [1.29, 1.82) is 0 Å². The molecule has 2 amide bonds. The molecule has 134 valence electrons. The average molecular weight is 382 g/mol. The van der Waals surface area contributed by atoms with Crippen molar-refractivity contribution in [3.8, 4) is 5.75 Å². The van der Waals surface area contributed by atoms with E-state index in [1.54, 1.807) is 18.2 Å². The highest BCUT2D eigenvalue weighted by molar-refractivity contribution is 8.15. The van der Waals surface area contributed by atoms with Crippen LogP contribution >= 0.6 is 23.4 Å². The Bertz CT molecular complexity index is 704. The summed E-state index contributed by atoms with van der Waals surface area (Å²) in [5.41, 5.74) is 0.573. The number of rotatable bonds is 4. The lowest BCUT2D eigenvalue weighted by atomic mass is 10.1. The van der Waals surface area contributed by atoms with E-state index in [2.05, 4.69) is 15.2 Å². The summed E-state index contributed by atoms with van der Waals surface area (Å²) in [6, 6.07) is 5.02. The zero-order chi connectivity index (χ0) is 17.8. The van der Waals surface area contributed by atoms with Crippen LogP contribution in [0, 0.1) is 0 Å². The van der Waals surface area contributed by atoms with Gasteiger partial charge in [-0.05, 0) is 37.5 Å². The van der Waals surface area contributed by atoms with Gasteiger partial charge in [0.05, 0.1) is 12.1 Å². The molecule has 1 fully saturated rings. The second-order valence-electron chi connectivity index (χ2n) is 5.99. The normalized spacial score (nSPS) is 20.4. The molecule has 1 unspecified atom stereocenters. The quantitative estimate of drug-likeness (QED) is 0.867. The lowest BCUT2D eigenvalue weighted by Gasteiger charge is -2.27. The average Bonchev–Trinajstić information content (AvgIpc) is 2.96. The van der Waals surface area contributed by atoms with Gasteiger partial charge >= 0.3 is 0 Å². The third-order valence-electron chi connectivity index (χ3n) is 4.16. The van der Waals surface area contributed by atoms with Gasteiger partial charge in [-0.25, -0.2) is 0 Å². The number of hydrogen-bond acceptors (Lipinski definition) is 5. The molecule has 0 radical (unpaired) electrons. The van der Waals surface area contributed by atoms with E-state index < -0.39 is 5.25 Å². The van der Waals surface area contributed by atoms with Crippen LogP contribution in [0.1, 0.15) is 25.7 Å². The number of methoxy groups -OCH3 is 1. The number of nitrogens with zero attached hydrogens (tertiary/aromatic N) is 2. The number of amides is 2. The van der Waals surface area contributed by atoms with E-state index in [1.807, 2.05) is 0 Å². The van der Waals surface area contributed by atoms with Crippen molar-refractivity contribution in [2.45, 2.75) is 30.9 Å². The van der Waals surface area contributed by atoms with E-state index in [-0.39, 0.29) is 18.2 Å². The number of carbonyl (C=O) groups is 2. The molecule has 0 spiro atoms. The first-order valence-corrected chi connectivity index (χ1v) is 9.50. The van der Waals surface area contributed by atoms with Gasteiger partial charge in [0.15, 0.2) is 5.17 Å². The minimum absolute atomic E-state index is 0.0913. The number of aliphatic imine (C=N–C) groups is 1. The monoisotopic (exact) mass is 381 g/mol. The number of benzene rings is 1. The largest absolute Gasteiger partial charge is 0.495 e. The van der Waals surface area contributed by atoms with Gasteiger partial charge in [-0.1, -0.05) is 23.4 Å². The maximum atomic E-state index is 12.2. The number of piperidine rings is 1. The number of carbonyl (C=O) groups excluding carboxylic acids is 2. The highest BCUT2D eigenvalue weighted by atomic mass is 35.5. The van der Waals surface area contributed by atoms with Gasteiger partial charge in [0.25, 0.3) is 5.91 Å². The number of thioether (sulfide) groups is 1. The predicted molar refractivity (Wildman–Crippen MR) is 100 cm³/mol. The van der Waals surface area contributed by atoms with E-state index >= 15 is 0 Å². The summed E-state index contributed by atoms with van der Waals surface area (Å²) in [7, 11) is 1.53. The lowest BCUT2D eigenvalue weighted by Crippen LogP contribution is -2.33. The van der Waals surface area contributed by atoms with E-state index in [4.69, 9.17) is 16.3 Å². The van der Waals surface area contributed by atoms with Gasteiger partial charge < -0.3 is 15.0 Å². The number of hydrogen-bond donors (Lipinski definition) is 1. The summed E-state index contributed by atoms with van der Waals surface area (Å²) in [4.78, 5) is 30.6. The molecule has 3 rings (SSSR count). The first kappa shape index (κ1) is 18.1. The van der Waals surface area contributed by atoms with E-state index in [0.717, 1.165) is 31.1 Å². The molecule has 2 aliphatic heterocycles. The van der Waals surface area contributed by atoms with Crippen LogP contribution in [0.2, 0.25) is 5.02 Å². The van der Waals surface area contributed by atoms with Gasteiger partial charge in [0.1, 0.15) is 11.0 Å². The lowest BCUT2D eigenvalue weighted by molar-refractivity contribution is -0.121. The Hall–Kier alpha value is -1.73. The number of halogens is 1. The predicted octanol–water partition coefficient (Wildman–Crippen LogP) is 3.16. The topological polar surface area (TPSA) is 71.0 Å². The molecule has 0 bridgehead atoms. The van der Waals surface area contributed by atoms with Gasteiger partial charge in [-0.2, -0.15) is 4.99 Å². The molecule has 2 aliphatic rings. The van der Waals surface area contributed by atoms with Gasteiger partial charge in [-0.3, -0.25) is 9.59 Å². The summed E-state index contributed by atoms with van der Waals surface area (Å²) >= 11 is 7.45.